The fraction of sp³-hybridized carbons (Fsp3) is 0.250. The highest BCUT2D eigenvalue weighted by molar-refractivity contribution is 5.83. The summed E-state index contributed by atoms with van der Waals surface area (Å²) in [6.07, 6.45) is 1.97. The SMILES string of the molecule is C=C1CCN(c2nc3ccccc3cc2C#N)CC1. The number of hydrogen-bond donors (Lipinski definition) is 0. The molecule has 0 unspecified atom stereocenters. The average molecular weight is 249 g/mol. The van der Waals surface area contributed by atoms with E-state index < -0.39 is 0 Å². The quantitative estimate of drug-likeness (QED) is 0.728. The van der Waals surface area contributed by atoms with Gasteiger partial charge in [0.15, 0.2) is 0 Å². The van der Waals surface area contributed by atoms with E-state index in [1.165, 1.54) is 5.57 Å². The molecule has 0 bridgehead atoms. The van der Waals surface area contributed by atoms with Gasteiger partial charge in [0, 0.05) is 18.5 Å². The summed E-state index contributed by atoms with van der Waals surface area (Å²) in [4.78, 5) is 6.86. The molecule has 3 rings (SSSR count). The van der Waals surface area contributed by atoms with Crippen LogP contribution in [0.15, 0.2) is 42.5 Å². The highest BCUT2D eigenvalue weighted by Gasteiger charge is 2.18. The maximum absolute atomic E-state index is 9.33. The summed E-state index contributed by atoms with van der Waals surface area (Å²) in [5.74, 6) is 0.814. The lowest BCUT2D eigenvalue weighted by Crippen LogP contribution is -2.31. The molecule has 0 amide bonds. The molecule has 3 heteroatoms. The molecule has 1 aromatic heterocycles. The number of nitriles is 1. The van der Waals surface area contributed by atoms with E-state index in [0.717, 1.165) is 42.7 Å². The molecular formula is C16H15N3. The van der Waals surface area contributed by atoms with Gasteiger partial charge >= 0.3 is 0 Å². The van der Waals surface area contributed by atoms with Crippen LogP contribution in [0.1, 0.15) is 18.4 Å². The third-order valence-corrected chi connectivity index (χ3v) is 3.59. The van der Waals surface area contributed by atoms with Crippen molar-refractivity contribution in [2.45, 2.75) is 12.8 Å². The molecule has 0 N–H and O–H groups in total. The Morgan fingerprint density at radius 3 is 2.68 bits per heavy atom. The number of rotatable bonds is 1. The van der Waals surface area contributed by atoms with Crippen molar-refractivity contribution in [3.63, 3.8) is 0 Å². The standard InChI is InChI=1S/C16H15N3/c1-12-6-8-19(9-7-12)16-14(11-17)10-13-4-2-3-5-15(13)18-16/h2-5,10H,1,6-9H2. The largest absolute Gasteiger partial charge is 0.355 e. The van der Waals surface area contributed by atoms with Crippen molar-refractivity contribution < 1.29 is 0 Å². The van der Waals surface area contributed by atoms with Crippen molar-refractivity contribution in [3.8, 4) is 6.07 Å². The van der Waals surface area contributed by atoms with Gasteiger partial charge in [0.2, 0.25) is 0 Å². The molecule has 0 spiro atoms. The van der Waals surface area contributed by atoms with E-state index >= 15 is 0 Å². The van der Waals surface area contributed by atoms with E-state index in [2.05, 4.69) is 22.5 Å². The topological polar surface area (TPSA) is 39.9 Å². The minimum atomic E-state index is 0.659. The molecule has 0 saturated carbocycles. The van der Waals surface area contributed by atoms with Crippen molar-refractivity contribution in [1.29, 1.82) is 5.26 Å². The normalized spacial score (nSPS) is 15.5. The van der Waals surface area contributed by atoms with Crippen LogP contribution >= 0.6 is 0 Å². The zero-order valence-corrected chi connectivity index (χ0v) is 10.8. The maximum atomic E-state index is 9.33. The number of hydrogen-bond acceptors (Lipinski definition) is 3. The molecule has 1 aliphatic rings. The fourth-order valence-electron chi connectivity index (χ4n) is 2.46. The average Bonchev–Trinajstić information content (AvgIpc) is 2.46. The second-order valence-electron chi connectivity index (χ2n) is 4.90. The second kappa shape index (κ2) is 4.74. The van der Waals surface area contributed by atoms with E-state index in [4.69, 9.17) is 0 Å². The maximum Gasteiger partial charge on any atom is 0.147 e. The third kappa shape index (κ3) is 2.17. The Kier molecular flexibility index (Phi) is 2.92. The first-order chi connectivity index (χ1) is 9.28. The van der Waals surface area contributed by atoms with E-state index in [-0.39, 0.29) is 0 Å². The lowest BCUT2D eigenvalue weighted by atomic mass is 10.0. The Labute approximate surface area is 112 Å². The summed E-state index contributed by atoms with van der Waals surface area (Å²) in [5, 5.41) is 10.3. The molecule has 94 valence electrons. The van der Waals surface area contributed by atoms with Crippen molar-refractivity contribution in [3.05, 3.63) is 48.0 Å². The van der Waals surface area contributed by atoms with Gasteiger partial charge in [-0.15, -0.1) is 0 Å². The van der Waals surface area contributed by atoms with Gasteiger partial charge in [-0.1, -0.05) is 30.4 Å². The Balaban J connectivity index is 2.07. The van der Waals surface area contributed by atoms with Crippen molar-refractivity contribution in [2.24, 2.45) is 0 Å². The number of anilines is 1. The van der Waals surface area contributed by atoms with E-state index in [9.17, 15) is 5.26 Å². The van der Waals surface area contributed by atoms with Gasteiger partial charge in [0.1, 0.15) is 11.9 Å². The number of para-hydroxylation sites is 1. The molecule has 19 heavy (non-hydrogen) atoms. The van der Waals surface area contributed by atoms with Crippen LogP contribution in [0.2, 0.25) is 0 Å². The zero-order chi connectivity index (χ0) is 13.2. The number of pyridine rings is 1. The van der Waals surface area contributed by atoms with Crippen LogP contribution in [-0.2, 0) is 0 Å². The van der Waals surface area contributed by atoms with Gasteiger partial charge in [-0.25, -0.2) is 4.98 Å². The van der Waals surface area contributed by atoms with Gasteiger partial charge in [0.25, 0.3) is 0 Å². The summed E-state index contributed by atoms with van der Waals surface area (Å²) in [7, 11) is 0. The van der Waals surface area contributed by atoms with Crippen molar-refractivity contribution in [1.82, 2.24) is 4.98 Å². The molecular weight excluding hydrogens is 234 g/mol. The number of piperidine rings is 1. The third-order valence-electron chi connectivity index (χ3n) is 3.59. The minimum Gasteiger partial charge on any atom is -0.355 e. The van der Waals surface area contributed by atoms with Crippen LogP contribution in [0.4, 0.5) is 5.82 Å². The predicted octanol–water partition coefficient (Wildman–Crippen LogP) is 3.26. The Bertz CT molecular complexity index is 672. The molecule has 0 radical (unpaired) electrons. The predicted molar refractivity (Wildman–Crippen MR) is 77.0 cm³/mol. The molecule has 1 saturated heterocycles. The van der Waals surface area contributed by atoms with Crippen LogP contribution in [-0.4, -0.2) is 18.1 Å². The second-order valence-corrected chi connectivity index (χ2v) is 4.90. The van der Waals surface area contributed by atoms with Gasteiger partial charge < -0.3 is 4.90 Å². The molecule has 1 fully saturated rings. The molecule has 1 aromatic carbocycles. The highest BCUT2D eigenvalue weighted by atomic mass is 15.2. The highest BCUT2D eigenvalue weighted by Crippen LogP contribution is 2.26. The summed E-state index contributed by atoms with van der Waals surface area (Å²) in [6.45, 7) is 5.83. The van der Waals surface area contributed by atoms with Crippen LogP contribution in [0.5, 0.6) is 0 Å². The van der Waals surface area contributed by atoms with Crippen LogP contribution < -0.4 is 4.90 Å². The number of nitrogens with zero attached hydrogens (tertiary/aromatic N) is 3. The van der Waals surface area contributed by atoms with Gasteiger partial charge in [-0.3, -0.25) is 0 Å². The molecule has 1 aliphatic heterocycles. The first-order valence-electron chi connectivity index (χ1n) is 6.49. The minimum absolute atomic E-state index is 0.659. The van der Waals surface area contributed by atoms with Crippen LogP contribution in [0.25, 0.3) is 10.9 Å². The lowest BCUT2D eigenvalue weighted by Gasteiger charge is -2.29. The fourth-order valence-corrected chi connectivity index (χ4v) is 2.46. The summed E-state index contributed by atoms with van der Waals surface area (Å²) >= 11 is 0. The molecule has 2 heterocycles. The number of aromatic nitrogens is 1. The van der Waals surface area contributed by atoms with Gasteiger partial charge in [0.05, 0.1) is 11.1 Å². The van der Waals surface area contributed by atoms with Crippen LogP contribution in [0, 0.1) is 11.3 Å². The molecule has 0 atom stereocenters. The Morgan fingerprint density at radius 2 is 1.95 bits per heavy atom. The zero-order valence-electron chi connectivity index (χ0n) is 10.8. The molecule has 3 nitrogen and oxygen atoms in total. The summed E-state index contributed by atoms with van der Waals surface area (Å²) in [5.41, 5.74) is 2.89. The first-order valence-corrected chi connectivity index (χ1v) is 6.49. The Morgan fingerprint density at radius 1 is 1.21 bits per heavy atom. The summed E-state index contributed by atoms with van der Waals surface area (Å²) < 4.78 is 0. The van der Waals surface area contributed by atoms with Gasteiger partial charge in [-0.2, -0.15) is 5.26 Å². The smallest absolute Gasteiger partial charge is 0.147 e. The number of benzene rings is 1. The van der Waals surface area contributed by atoms with Crippen molar-refractivity contribution in [2.75, 3.05) is 18.0 Å². The first kappa shape index (κ1) is 11.7. The van der Waals surface area contributed by atoms with Gasteiger partial charge in [-0.05, 0) is 25.0 Å². The monoisotopic (exact) mass is 249 g/mol. The Hall–Kier alpha value is -2.34. The van der Waals surface area contributed by atoms with Crippen molar-refractivity contribution >= 4 is 16.7 Å². The van der Waals surface area contributed by atoms with E-state index in [0.29, 0.717) is 5.56 Å². The van der Waals surface area contributed by atoms with Crippen LogP contribution in [0.3, 0.4) is 0 Å². The summed E-state index contributed by atoms with van der Waals surface area (Å²) in [6, 6.07) is 12.1. The number of fused-ring (bicyclic) bond motifs is 1. The molecule has 0 aliphatic carbocycles. The van der Waals surface area contributed by atoms with E-state index in [1.807, 2.05) is 30.3 Å². The lowest BCUT2D eigenvalue weighted by molar-refractivity contribution is 0.680. The molecule has 2 aromatic rings. The van der Waals surface area contributed by atoms with E-state index in [1.54, 1.807) is 0 Å².